The zero-order valence-corrected chi connectivity index (χ0v) is 10.8. The van der Waals surface area contributed by atoms with Crippen molar-refractivity contribution in [1.82, 2.24) is 5.32 Å². The van der Waals surface area contributed by atoms with E-state index in [0.717, 1.165) is 30.7 Å². The third-order valence-corrected chi connectivity index (χ3v) is 4.85. The number of rotatable bonds is 2. The largest absolute Gasteiger partial charge is 0.393 e. The summed E-state index contributed by atoms with van der Waals surface area (Å²) in [7, 11) is 0. The Kier molecular flexibility index (Phi) is 4.26. The van der Waals surface area contributed by atoms with Gasteiger partial charge in [-0.1, -0.05) is 26.7 Å². The third kappa shape index (κ3) is 2.98. The molecule has 2 saturated carbocycles. The molecule has 16 heavy (non-hydrogen) atoms. The lowest BCUT2D eigenvalue weighted by molar-refractivity contribution is 0.104. The second-order valence-electron chi connectivity index (χ2n) is 6.05. The maximum atomic E-state index is 9.50. The SMILES string of the molecule is CC1CCCC(NC2CCC(O)CC2)C1C. The molecule has 0 saturated heterocycles. The van der Waals surface area contributed by atoms with Crippen molar-refractivity contribution in [2.75, 3.05) is 0 Å². The van der Waals surface area contributed by atoms with E-state index in [-0.39, 0.29) is 6.10 Å². The van der Waals surface area contributed by atoms with E-state index < -0.39 is 0 Å². The van der Waals surface area contributed by atoms with Gasteiger partial charge in [-0.2, -0.15) is 0 Å². The summed E-state index contributed by atoms with van der Waals surface area (Å²) in [4.78, 5) is 0. The van der Waals surface area contributed by atoms with Crippen LogP contribution in [0, 0.1) is 11.8 Å². The summed E-state index contributed by atoms with van der Waals surface area (Å²) >= 11 is 0. The maximum absolute atomic E-state index is 9.50. The Labute approximate surface area is 99.8 Å². The van der Waals surface area contributed by atoms with E-state index in [9.17, 15) is 5.11 Å². The molecule has 0 aromatic heterocycles. The standard InChI is InChI=1S/C14H27NO/c1-10-4-3-5-14(11(10)2)15-12-6-8-13(16)9-7-12/h10-16H,3-9H2,1-2H3. The molecular weight excluding hydrogens is 198 g/mol. The van der Waals surface area contributed by atoms with Crippen LogP contribution in [0.2, 0.25) is 0 Å². The molecule has 0 amide bonds. The second-order valence-corrected chi connectivity index (χ2v) is 6.05. The minimum atomic E-state index is -0.0271. The lowest BCUT2D eigenvalue weighted by Gasteiger charge is -2.38. The smallest absolute Gasteiger partial charge is 0.0541 e. The molecule has 2 fully saturated rings. The quantitative estimate of drug-likeness (QED) is 0.757. The van der Waals surface area contributed by atoms with Crippen molar-refractivity contribution < 1.29 is 5.11 Å². The van der Waals surface area contributed by atoms with E-state index in [4.69, 9.17) is 0 Å². The molecule has 94 valence electrons. The fourth-order valence-corrected chi connectivity index (χ4v) is 3.36. The van der Waals surface area contributed by atoms with Crippen molar-refractivity contribution in [3.63, 3.8) is 0 Å². The van der Waals surface area contributed by atoms with Gasteiger partial charge >= 0.3 is 0 Å². The molecule has 3 unspecified atom stereocenters. The van der Waals surface area contributed by atoms with Gasteiger partial charge in [0.15, 0.2) is 0 Å². The molecule has 2 heteroatoms. The van der Waals surface area contributed by atoms with Crippen LogP contribution in [0.15, 0.2) is 0 Å². The van der Waals surface area contributed by atoms with Crippen LogP contribution in [0.25, 0.3) is 0 Å². The highest BCUT2D eigenvalue weighted by molar-refractivity contribution is 4.86. The average molecular weight is 225 g/mol. The first-order chi connectivity index (χ1) is 7.66. The van der Waals surface area contributed by atoms with Crippen LogP contribution < -0.4 is 5.32 Å². The summed E-state index contributed by atoms with van der Waals surface area (Å²) < 4.78 is 0. The molecule has 0 radical (unpaired) electrons. The number of aliphatic hydroxyl groups excluding tert-OH is 1. The Morgan fingerprint density at radius 3 is 2.31 bits per heavy atom. The van der Waals surface area contributed by atoms with Gasteiger partial charge in [0, 0.05) is 12.1 Å². The van der Waals surface area contributed by atoms with Gasteiger partial charge in [-0.3, -0.25) is 0 Å². The van der Waals surface area contributed by atoms with Crippen LogP contribution in [0.4, 0.5) is 0 Å². The fraction of sp³-hybridized carbons (Fsp3) is 1.00. The van der Waals surface area contributed by atoms with Gasteiger partial charge in [0.1, 0.15) is 0 Å². The highest BCUT2D eigenvalue weighted by Gasteiger charge is 2.29. The molecule has 0 aromatic rings. The van der Waals surface area contributed by atoms with Crippen molar-refractivity contribution in [2.24, 2.45) is 11.8 Å². The Balaban J connectivity index is 1.80. The fourth-order valence-electron chi connectivity index (χ4n) is 3.36. The molecule has 0 spiro atoms. The second kappa shape index (κ2) is 5.50. The number of nitrogens with one attached hydrogen (secondary N) is 1. The van der Waals surface area contributed by atoms with Gasteiger partial charge in [0.25, 0.3) is 0 Å². The van der Waals surface area contributed by atoms with E-state index >= 15 is 0 Å². The van der Waals surface area contributed by atoms with E-state index in [1.807, 2.05) is 0 Å². The predicted octanol–water partition coefficient (Wildman–Crippen LogP) is 2.70. The molecule has 0 heterocycles. The van der Waals surface area contributed by atoms with Crippen molar-refractivity contribution in [2.45, 2.75) is 77.0 Å². The zero-order valence-electron chi connectivity index (χ0n) is 10.8. The normalized spacial score (nSPS) is 45.6. The molecule has 2 aliphatic carbocycles. The van der Waals surface area contributed by atoms with Crippen LogP contribution in [-0.2, 0) is 0 Å². The first-order valence-corrected chi connectivity index (χ1v) is 7.11. The summed E-state index contributed by atoms with van der Waals surface area (Å²) in [5.41, 5.74) is 0. The first-order valence-electron chi connectivity index (χ1n) is 7.11. The van der Waals surface area contributed by atoms with Gasteiger partial charge in [-0.15, -0.1) is 0 Å². The van der Waals surface area contributed by atoms with Crippen LogP contribution in [-0.4, -0.2) is 23.3 Å². The summed E-state index contributed by atoms with van der Waals surface area (Å²) in [6, 6.07) is 1.39. The van der Waals surface area contributed by atoms with E-state index in [0.29, 0.717) is 6.04 Å². The van der Waals surface area contributed by atoms with Crippen LogP contribution >= 0.6 is 0 Å². The molecule has 0 aliphatic heterocycles. The lowest BCUT2D eigenvalue weighted by Crippen LogP contribution is -2.47. The summed E-state index contributed by atoms with van der Waals surface area (Å²) in [6.07, 6.45) is 8.44. The van der Waals surface area contributed by atoms with Gasteiger partial charge in [-0.25, -0.2) is 0 Å². The van der Waals surface area contributed by atoms with Crippen LogP contribution in [0.5, 0.6) is 0 Å². The van der Waals surface area contributed by atoms with Crippen molar-refractivity contribution in [3.05, 3.63) is 0 Å². The summed E-state index contributed by atoms with van der Waals surface area (Å²) in [6.45, 7) is 4.79. The monoisotopic (exact) mass is 225 g/mol. The van der Waals surface area contributed by atoms with Gasteiger partial charge in [0.05, 0.1) is 6.10 Å². The Bertz CT molecular complexity index is 211. The molecule has 0 bridgehead atoms. The van der Waals surface area contributed by atoms with E-state index in [1.165, 1.54) is 32.1 Å². The Morgan fingerprint density at radius 2 is 1.62 bits per heavy atom. The maximum Gasteiger partial charge on any atom is 0.0541 e. The van der Waals surface area contributed by atoms with Gasteiger partial charge < -0.3 is 10.4 Å². The summed E-state index contributed by atoms with van der Waals surface area (Å²) in [5.74, 6) is 1.70. The lowest BCUT2D eigenvalue weighted by atomic mass is 9.77. The number of hydrogen-bond acceptors (Lipinski definition) is 2. The minimum absolute atomic E-state index is 0.0271. The predicted molar refractivity (Wildman–Crippen MR) is 67.4 cm³/mol. The Hall–Kier alpha value is -0.0800. The van der Waals surface area contributed by atoms with Gasteiger partial charge in [0.2, 0.25) is 0 Å². The van der Waals surface area contributed by atoms with Gasteiger partial charge in [-0.05, 0) is 43.9 Å². The van der Waals surface area contributed by atoms with Crippen LogP contribution in [0.3, 0.4) is 0 Å². The number of hydrogen-bond donors (Lipinski definition) is 2. The third-order valence-electron chi connectivity index (χ3n) is 4.85. The topological polar surface area (TPSA) is 32.3 Å². The minimum Gasteiger partial charge on any atom is -0.393 e. The average Bonchev–Trinajstić information content (AvgIpc) is 2.28. The molecule has 3 atom stereocenters. The molecule has 0 aromatic carbocycles. The highest BCUT2D eigenvalue weighted by atomic mass is 16.3. The van der Waals surface area contributed by atoms with Crippen molar-refractivity contribution >= 4 is 0 Å². The highest BCUT2D eigenvalue weighted by Crippen LogP contribution is 2.31. The first kappa shape index (κ1) is 12.4. The van der Waals surface area contributed by atoms with Crippen LogP contribution in [0.1, 0.15) is 58.8 Å². The molecule has 2 rings (SSSR count). The summed E-state index contributed by atoms with van der Waals surface area (Å²) in [5, 5.41) is 13.3. The Morgan fingerprint density at radius 1 is 0.938 bits per heavy atom. The molecule has 2 aliphatic rings. The number of aliphatic hydroxyl groups is 1. The molecular formula is C14H27NO. The van der Waals surface area contributed by atoms with Crippen molar-refractivity contribution in [1.29, 1.82) is 0 Å². The molecule has 2 N–H and O–H groups in total. The van der Waals surface area contributed by atoms with E-state index in [1.54, 1.807) is 0 Å². The van der Waals surface area contributed by atoms with Crippen molar-refractivity contribution in [3.8, 4) is 0 Å². The van der Waals surface area contributed by atoms with E-state index in [2.05, 4.69) is 19.2 Å². The molecule has 2 nitrogen and oxygen atoms in total. The zero-order chi connectivity index (χ0) is 11.5.